The lowest BCUT2D eigenvalue weighted by atomic mass is 9.82. The van der Waals surface area contributed by atoms with E-state index in [4.69, 9.17) is 0 Å². The van der Waals surface area contributed by atoms with Gasteiger partial charge in [-0.1, -0.05) is 25.1 Å². The van der Waals surface area contributed by atoms with Gasteiger partial charge in [-0.3, -0.25) is 9.78 Å². The molecule has 1 saturated heterocycles. The lowest BCUT2D eigenvalue weighted by Crippen LogP contribution is -2.27. The van der Waals surface area contributed by atoms with Gasteiger partial charge < -0.3 is 10.4 Å². The van der Waals surface area contributed by atoms with Crippen LogP contribution < -0.4 is 5.32 Å². The molecule has 0 saturated carbocycles. The Morgan fingerprint density at radius 2 is 2.07 bits per heavy atom. The Bertz CT molecular complexity index is 710. The van der Waals surface area contributed by atoms with E-state index in [1.165, 1.54) is 5.56 Å². The monoisotopic (exact) mass is 372 g/mol. The fourth-order valence-electron chi connectivity index (χ4n) is 3.86. The number of aromatic amines is 1. The number of carboxylic acids is 1. The summed E-state index contributed by atoms with van der Waals surface area (Å²) in [7, 11) is 0. The molecular formula is C19H28N6O2. The normalized spacial score (nSPS) is 17.7. The Balaban J connectivity index is 1.78. The largest absolute Gasteiger partial charge is 0.481 e. The van der Waals surface area contributed by atoms with Crippen LogP contribution in [0.1, 0.15) is 62.0 Å². The van der Waals surface area contributed by atoms with Crippen molar-refractivity contribution in [3.8, 4) is 0 Å². The fraction of sp³-hybridized carbons (Fsp3) is 0.632. The summed E-state index contributed by atoms with van der Waals surface area (Å²) in [5.74, 6) is -0.518. The minimum atomic E-state index is -0.829. The van der Waals surface area contributed by atoms with Gasteiger partial charge in [-0.2, -0.15) is 5.21 Å². The van der Waals surface area contributed by atoms with Crippen LogP contribution in [0.3, 0.4) is 0 Å². The van der Waals surface area contributed by atoms with Crippen molar-refractivity contribution in [2.75, 3.05) is 13.1 Å². The number of carboxylic acid groups (broad SMARTS) is 1. The Morgan fingerprint density at radius 3 is 2.63 bits per heavy atom. The third-order valence-corrected chi connectivity index (χ3v) is 5.31. The summed E-state index contributed by atoms with van der Waals surface area (Å²) in [6, 6.07) is 4.14. The molecule has 2 atom stereocenters. The van der Waals surface area contributed by atoms with Crippen LogP contribution in [0.2, 0.25) is 0 Å². The number of nitrogens with zero attached hydrogens (tertiary/aromatic N) is 4. The third kappa shape index (κ3) is 5.09. The average Bonchev–Trinajstić information content (AvgIpc) is 3.20. The van der Waals surface area contributed by atoms with Gasteiger partial charge in [-0.05, 0) is 55.8 Å². The van der Waals surface area contributed by atoms with E-state index in [-0.39, 0.29) is 11.8 Å². The maximum atomic E-state index is 11.9. The standard InChI is InChI=1S/C19H28N6O2/c1-12(2)9-17(19(26)27)16(18-22-24-25-23-18)10-15-4-3-14(11-21-15)13-5-7-20-8-6-13/h3-4,11-13,16-17,20H,5-10H2,1-2H3,(H,26,27)(H,22,23,24,25)/t16-,17?/m0/s1. The summed E-state index contributed by atoms with van der Waals surface area (Å²) in [6.45, 7) is 6.13. The highest BCUT2D eigenvalue weighted by atomic mass is 16.4. The lowest BCUT2D eigenvalue weighted by molar-refractivity contribution is -0.143. The van der Waals surface area contributed by atoms with Gasteiger partial charge in [0.25, 0.3) is 0 Å². The highest BCUT2D eigenvalue weighted by Gasteiger charge is 2.33. The molecule has 1 aliphatic rings. The summed E-state index contributed by atoms with van der Waals surface area (Å²) in [5.41, 5.74) is 2.12. The Labute approximate surface area is 159 Å². The third-order valence-electron chi connectivity index (χ3n) is 5.31. The second-order valence-electron chi connectivity index (χ2n) is 7.76. The first kappa shape index (κ1) is 19.4. The molecule has 3 heterocycles. The van der Waals surface area contributed by atoms with Gasteiger partial charge in [0.1, 0.15) is 0 Å². The number of aromatic nitrogens is 5. The number of aliphatic carboxylic acids is 1. The van der Waals surface area contributed by atoms with Crippen molar-refractivity contribution in [1.29, 1.82) is 0 Å². The second kappa shape index (κ2) is 9.03. The molecule has 0 amide bonds. The van der Waals surface area contributed by atoms with Gasteiger partial charge >= 0.3 is 5.97 Å². The minimum Gasteiger partial charge on any atom is -0.481 e. The van der Waals surface area contributed by atoms with Gasteiger partial charge in [0, 0.05) is 24.2 Å². The summed E-state index contributed by atoms with van der Waals surface area (Å²) >= 11 is 0. The minimum absolute atomic E-state index is 0.260. The number of carbonyl (C=O) groups is 1. The van der Waals surface area contributed by atoms with Gasteiger partial charge in [0.05, 0.1) is 5.92 Å². The van der Waals surface area contributed by atoms with Crippen molar-refractivity contribution in [3.05, 3.63) is 35.4 Å². The summed E-state index contributed by atoms with van der Waals surface area (Å²) in [6.07, 6.45) is 5.23. The molecule has 3 rings (SSSR count). The number of hydrogen-bond donors (Lipinski definition) is 3. The summed E-state index contributed by atoms with van der Waals surface area (Å²) in [4.78, 5) is 16.5. The van der Waals surface area contributed by atoms with E-state index in [1.807, 2.05) is 26.1 Å². The highest BCUT2D eigenvalue weighted by molar-refractivity contribution is 5.71. The van der Waals surface area contributed by atoms with Crippen molar-refractivity contribution < 1.29 is 9.90 Å². The van der Waals surface area contributed by atoms with E-state index in [0.717, 1.165) is 31.6 Å². The van der Waals surface area contributed by atoms with E-state index >= 15 is 0 Å². The first-order valence-electron chi connectivity index (χ1n) is 9.66. The maximum Gasteiger partial charge on any atom is 0.307 e. The zero-order chi connectivity index (χ0) is 19.2. The van der Waals surface area contributed by atoms with Crippen molar-refractivity contribution in [3.63, 3.8) is 0 Å². The molecule has 0 spiro atoms. The van der Waals surface area contributed by atoms with Gasteiger partial charge in [-0.25, -0.2) is 0 Å². The molecule has 0 bridgehead atoms. The van der Waals surface area contributed by atoms with Crippen molar-refractivity contribution in [2.45, 2.75) is 51.4 Å². The number of hydrogen-bond acceptors (Lipinski definition) is 6. The molecule has 0 radical (unpaired) electrons. The van der Waals surface area contributed by atoms with E-state index in [9.17, 15) is 9.90 Å². The number of H-pyrrole nitrogens is 1. The highest BCUT2D eigenvalue weighted by Crippen LogP contribution is 2.31. The van der Waals surface area contributed by atoms with Crippen molar-refractivity contribution >= 4 is 5.97 Å². The second-order valence-corrected chi connectivity index (χ2v) is 7.76. The fourth-order valence-corrected chi connectivity index (χ4v) is 3.86. The number of rotatable bonds is 8. The number of tetrazole rings is 1. The van der Waals surface area contributed by atoms with E-state index in [0.29, 0.717) is 24.6 Å². The van der Waals surface area contributed by atoms with Crippen LogP contribution >= 0.6 is 0 Å². The molecule has 1 fully saturated rings. The molecule has 27 heavy (non-hydrogen) atoms. The van der Waals surface area contributed by atoms with Crippen LogP contribution in [0.25, 0.3) is 0 Å². The van der Waals surface area contributed by atoms with Crippen LogP contribution in [-0.4, -0.2) is 49.8 Å². The predicted molar refractivity (Wildman–Crippen MR) is 100 cm³/mol. The lowest BCUT2D eigenvalue weighted by Gasteiger charge is -2.24. The number of nitrogens with one attached hydrogen (secondary N) is 2. The van der Waals surface area contributed by atoms with Crippen LogP contribution in [-0.2, 0) is 11.2 Å². The van der Waals surface area contributed by atoms with Gasteiger partial charge in [-0.15, -0.1) is 10.2 Å². The molecular weight excluding hydrogens is 344 g/mol. The molecule has 1 aliphatic heterocycles. The predicted octanol–water partition coefficient (Wildman–Crippen LogP) is 2.13. The molecule has 8 nitrogen and oxygen atoms in total. The molecule has 8 heteroatoms. The first-order valence-corrected chi connectivity index (χ1v) is 9.66. The van der Waals surface area contributed by atoms with E-state index < -0.39 is 11.9 Å². The molecule has 0 aromatic carbocycles. The molecule has 0 aliphatic carbocycles. The van der Waals surface area contributed by atoms with Crippen LogP contribution in [0.5, 0.6) is 0 Å². The van der Waals surface area contributed by atoms with Gasteiger partial charge in [0.2, 0.25) is 0 Å². The Morgan fingerprint density at radius 1 is 1.30 bits per heavy atom. The Kier molecular flexibility index (Phi) is 6.49. The number of pyridine rings is 1. The average molecular weight is 372 g/mol. The molecule has 1 unspecified atom stereocenters. The SMILES string of the molecule is CC(C)CC(C(=O)O)[C@H](Cc1ccc(C2CCNCC2)cn1)c1nn[nH]n1. The van der Waals surface area contributed by atoms with Crippen molar-refractivity contribution in [1.82, 2.24) is 30.9 Å². The quantitative estimate of drug-likeness (QED) is 0.650. The van der Waals surface area contributed by atoms with Gasteiger partial charge in [0.15, 0.2) is 5.82 Å². The zero-order valence-corrected chi connectivity index (χ0v) is 15.9. The first-order chi connectivity index (χ1) is 13.0. The van der Waals surface area contributed by atoms with Crippen molar-refractivity contribution in [2.24, 2.45) is 11.8 Å². The summed E-state index contributed by atoms with van der Waals surface area (Å²) < 4.78 is 0. The molecule has 2 aromatic heterocycles. The molecule has 146 valence electrons. The van der Waals surface area contributed by atoms with Crippen LogP contribution in [0.4, 0.5) is 0 Å². The number of piperidine rings is 1. The van der Waals surface area contributed by atoms with Crippen LogP contribution in [0.15, 0.2) is 18.3 Å². The molecule has 3 N–H and O–H groups in total. The maximum absolute atomic E-state index is 11.9. The van der Waals surface area contributed by atoms with E-state index in [1.54, 1.807) is 0 Å². The smallest absolute Gasteiger partial charge is 0.307 e. The molecule has 2 aromatic rings. The van der Waals surface area contributed by atoms with Crippen LogP contribution in [0, 0.1) is 11.8 Å². The van der Waals surface area contributed by atoms with E-state index in [2.05, 4.69) is 37.0 Å². The zero-order valence-electron chi connectivity index (χ0n) is 15.9. The Hall–Kier alpha value is -2.35. The summed E-state index contributed by atoms with van der Waals surface area (Å²) in [5, 5.41) is 27.4. The topological polar surface area (TPSA) is 117 Å².